The third kappa shape index (κ3) is 3.37. The molecule has 2 heterocycles. The van der Waals surface area contributed by atoms with Crippen molar-refractivity contribution < 1.29 is 4.74 Å². The Balaban J connectivity index is 1.71. The van der Waals surface area contributed by atoms with Crippen molar-refractivity contribution in [1.29, 1.82) is 0 Å². The molecule has 6 rings (SSSR count). The summed E-state index contributed by atoms with van der Waals surface area (Å²) in [6.07, 6.45) is 2.18. The van der Waals surface area contributed by atoms with E-state index in [1.807, 2.05) is 30.3 Å². The first kappa shape index (κ1) is 20.1. The maximum absolute atomic E-state index is 5.52. The molecule has 0 saturated carbocycles. The van der Waals surface area contributed by atoms with Gasteiger partial charge in [0, 0.05) is 28.6 Å². The SMILES string of the molecule is COc1cccc(-c2cn3c(-c4ccccc4)c(-c4ccccc4)nc3n2-c2ccccc2)c1. The fourth-order valence-electron chi connectivity index (χ4n) is 4.48. The van der Waals surface area contributed by atoms with Gasteiger partial charge in [-0.2, -0.15) is 0 Å². The number of fused-ring (bicyclic) bond motifs is 1. The van der Waals surface area contributed by atoms with Crippen LogP contribution < -0.4 is 4.74 Å². The quantitative estimate of drug-likeness (QED) is 0.285. The summed E-state index contributed by atoms with van der Waals surface area (Å²) in [7, 11) is 1.70. The summed E-state index contributed by atoms with van der Waals surface area (Å²) in [5.41, 5.74) is 7.41. The Morgan fingerprint density at radius 3 is 1.94 bits per heavy atom. The number of methoxy groups -OCH3 is 1. The summed E-state index contributed by atoms with van der Waals surface area (Å²) in [6, 6.07) is 39.4. The lowest BCUT2D eigenvalue weighted by Gasteiger charge is -2.10. The van der Waals surface area contributed by atoms with E-state index in [-0.39, 0.29) is 0 Å². The van der Waals surface area contributed by atoms with E-state index in [4.69, 9.17) is 9.72 Å². The third-order valence-corrected chi connectivity index (χ3v) is 6.06. The first-order valence-electron chi connectivity index (χ1n) is 11.3. The van der Waals surface area contributed by atoms with Crippen LogP contribution in [-0.2, 0) is 0 Å². The highest BCUT2D eigenvalue weighted by Gasteiger charge is 2.22. The number of hydrogen-bond donors (Lipinski definition) is 0. The van der Waals surface area contributed by atoms with Crippen molar-refractivity contribution in [3.05, 3.63) is 121 Å². The zero-order valence-corrected chi connectivity index (χ0v) is 18.8. The van der Waals surface area contributed by atoms with Crippen molar-refractivity contribution in [1.82, 2.24) is 14.0 Å². The molecule has 0 bridgehead atoms. The van der Waals surface area contributed by atoms with Crippen LogP contribution in [0.25, 0.3) is 45.2 Å². The van der Waals surface area contributed by atoms with Gasteiger partial charge in [0.1, 0.15) is 5.75 Å². The largest absolute Gasteiger partial charge is 0.497 e. The second-order valence-electron chi connectivity index (χ2n) is 8.13. The number of ether oxygens (including phenoxy) is 1. The standard InChI is InChI=1S/C30H23N3O/c1-34-26-19-11-16-24(20-26)27-21-32-29(23-14-7-3-8-15-23)28(22-12-5-2-6-13-22)31-30(32)33(27)25-17-9-4-10-18-25/h2-21H,1H3. The number of nitrogens with zero attached hydrogens (tertiary/aromatic N) is 3. The van der Waals surface area contributed by atoms with Crippen molar-refractivity contribution in [2.75, 3.05) is 7.11 Å². The van der Waals surface area contributed by atoms with E-state index < -0.39 is 0 Å². The fraction of sp³-hybridized carbons (Fsp3) is 0.0333. The van der Waals surface area contributed by atoms with Crippen LogP contribution in [0.3, 0.4) is 0 Å². The average Bonchev–Trinajstić information content (AvgIpc) is 3.46. The van der Waals surface area contributed by atoms with E-state index in [9.17, 15) is 0 Å². The van der Waals surface area contributed by atoms with Gasteiger partial charge in [-0.05, 0) is 24.3 Å². The Morgan fingerprint density at radius 2 is 1.26 bits per heavy atom. The molecule has 0 saturated heterocycles. The van der Waals surface area contributed by atoms with Crippen LogP contribution in [0.5, 0.6) is 5.75 Å². The van der Waals surface area contributed by atoms with E-state index in [0.717, 1.165) is 51.0 Å². The van der Waals surface area contributed by atoms with Crippen LogP contribution in [-0.4, -0.2) is 21.1 Å². The van der Waals surface area contributed by atoms with Crippen LogP contribution in [0.2, 0.25) is 0 Å². The molecule has 6 aromatic rings. The molecule has 2 aromatic heterocycles. The van der Waals surface area contributed by atoms with E-state index in [2.05, 4.69) is 100 Å². The lowest BCUT2D eigenvalue weighted by molar-refractivity contribution is 0.415. The number of hydrogen-bond acceptors (Lipinski definition) is 2. The third-order valence-electron chi connectivity index (χ3n) is 6.06. The molecule has 4 aromatic carbocycles. The molecule has 0 amide bonds. The van der Waals surface area contributed by atoms with Gasteiger partial charge in [0.05, 0.1) is 24.2 Å². The lowest BCUT2D eigenvalue weighted by Crippen LogP contribution is -1.98. The topological polar surface area (TPSA) is 31.5 Å². The molecular formula is C30H23N3O. The van der Waals surface area contributed by atoms with E-state index in [1.54, 1.807) is 7.11 Å². The molecule has 0 spiro atoms. The average molecular weight is 442 g/mol. The highest BCUT2D eigenvalue weighted by molar-refractivity contribution is 5.83. The first-order valence-corrected chi connectivity index (χ1v) is 11.3. The highest BCUT2D eigenvalue weighted by atomic mass is 16.5. The molecule has 164 valence electrons. The lowest BCUT2D eigenvalue weighted by atomic mass is 10.0. The molecule has 4 heteroatoms. The molecule has 0 N–H and O–H groups in total. The van der Waals surface area contributed by atoms with Crippen LogP contribution in [0, 0.1) is 0 Å². The summed E-state index contributed by atoms with van der Waals surface area (Å²) in [6.45, 7) is 0. The fourth-order valence-corrected chi connectivity index (χ4v) is 4.48. The Hall–Kier alpha value is -4.57. The van der Waals surface area contributed by atoms with Gasteiger partial charge >= 0.3 is 0 Å². The second kappa shape index (κ2) is 8.41. The van der Waals surface area contributed by atoms with Gasteiger partial charge in [0.25, 0.3) is 0 Å². The number of rotatable bonds is 5. The van der Waals surface area contributed by atoms with E-state index in [1.165, 1.54) is 0 Å². The van der Waals surface area contributed by atoms with Crippen LogP contribution >= 0.6 is 0 Å². The first-order chi connectivity index (χ1) is 16.8. The Morgan fingerprint density at radius 1 is 0.647 bits per heavy atom. The van der Waals surface area contributed by atoms with Gasteiger partial charge in [0.2, 0.25) is 5.78 Å². The minimum Gasteiger partial charge on any atom is -0.497 e. The molecule has 0 unspecified atom stereocenters. The predicted octanol–water partition coefficient (Wildman–Crippen LogP) is 7.13. The van der Waals surface area contributed by atoms with Gasteiger partial charge in [-0.25, -0.2) is 4.98 Å². The summed E-state index contributed by atoms with van der Waals surface area (Å²) < 4.78 is 9.94. The number of para-hydroxylation sites is 1. The van der Waals surface area contributed by atoms with Crippen molar-refractivity contribution in [3.63, 3.8) is 0 Å². The number of imidazole rings is 2. The normalized spacial score (nSPS) is 11.1. The Labute approximate surface area is 198 Å². The minimum absolute atomic E-state index is 0.823. The van der Waals surface area contributed by atoms with E-state index in [0.29, 0.717) is 0 Å². The van der Waals surface area contributed by atoms with Crippen molar-refractivity contribution in [3.8, 4) is 45.2 Å². The van der Waals surface area contributed by atoms with Crippen molar-refractivity contribution in [2.45, 2.75) is 0 Å². The maximum Gasteiger partial charge on any atom is 0.220 e. The maximum atomic E-state index is 5.52. The molecule has 0 radical (unpaired) electrons. The van der Waals surface area contributed by atoms with Gasteiger partial charge < -0.3 is 4.74 Å². The Bertz CT molecular complexity index is 1570. The zero-order chi connectivity index (χ0) is 22.9. The monoisotopic (exact) mass is 441 g/mol. The predicted molar refractivity (Wildman–Crippen MR) is 137 cm³/mol. The van der Waals surface area contributed by atoms with Gasteiger partial charge in [-0.1, -0.05) is 91.0 Å². The summed E-state index contributed by atoms with van der Waals surface area (Å²) >= 11 is 0. The van der Waals surface area contributed by atoms with Gasteiger partial charge in [-0.3, -0.25) is 8.97 Å². The molecule has 0 aliphatic rings. The zero-order valence-electron chi connectivity index (χ0n) is 18.8. The molecule has 4 nitrogen and oxygen atoms in total. The Kier molecular flexibility index (Phi) is 4.96. The van der Waals surface area contributed by atoms with Crippen LogP contribution in [0.15, 0.2) is 121 Å². The minimum atomic E-state index is 0.823. The summed E-state index contributed by atoms with van der Waals surface area (Å²) in [4.78, 5) is 5.22. The summed E-state index contributed by atoms with van der Waals surface area (Å²) in [5.74, 6) is 1.69. The number of benzene rings is 4. The number of aromatic nitrogens is 3. The van der Waals surface area contributed by atoms with Crippen molar-refractivity contribution >= 4 is 5.78 Å². The molecule has 0 aliphatic carbocycles. The molecule has 34 heavy (non-hydrogen) atoms. The van der Waals surface area contributed by atoms with Crippen LogP contribution in [0.4, 0.5) is 0 Å². The van der Waals surface area contributed by atoms with Gasteiger partial charge in [0.15, 0.2) is 0 Å². The summed E-state index contributed by atoms with van der Waals surface area (Å²) in [5, 5.41) is 0. The molecule has 0 aliphatic heterocycles. The smallest absolute Gasteiger partial charge is 0.220 e. The van der Waals surface area contributed by atoms with E-state index >= 15 is 0 Å². The molecule has 0 atom stereocenters. The van der Waals surface area contributed by atoms with Crippen LogP contribution in [0.1, 0.15) is 0 Å². The molecule has 0 fully saturated rings. The molecular weight excluding hydrogens is 418 g/mol. The van der Waals surface area contributed by atoms with Gasteiger partial charge in [-0.15, -0.1) is 0 Å². The highest BCUT2D eigenvalue weighted by Crippen LogP contribution is 2.37. The van der Waals surface area contributed by atoms with Crippen molar-refractivity contribution in [2.24, 2.45) is 0 Å². The second-order valence-corrected chi connectivity index (χ2v) is 8.13.